The SMILES string of the molecule is Cn1nnc(-c2cccc(NC(=O)N3CCC[C@@H](C#N)C3)c2)n1. The van der Waals surface area contributed by atoms with E-state index in [1.54, 1.807) is 18.0 Å². The van der Waals surface area contributed by atoms with Gasteiger partial charge in [0, 0.05) is 24.3 Å². The average molecular weight is 311 g/mol. The lowest BCUT2D eigenvalue weighted by Gasteiger charge is -2.29. The van der Waals surface area contributed by atoms with Crippen LogP contribution < -0.4 is 5.32 Å². The minimum atomic E-state index is -0.186. The van der Waals surface area contributed by atoms with Crippen molar-refractivity contribution in [2.75, 3.05) is 18.4 Å². The van der Waals surface area contributed by atoms with Crippen molar-refractivity contribution in [1.29, 1.82) is 5.26 Å². The molecule has 8 nitrogen and oxygen atoms in total. The summed E-state index contributed by atoms with van der Waals surface area (Å²) in [6, 6.07) is 9.36. The van der Waals surface area contributed by atoms with E-state index in [9.17, 15) is 4.79 Å². The minimum absolute atomic E-state index is 0.0790. The first-order valence-corrected chi connectivity index (χ1v) is 7.45. The first-order valence-electron chi connectivity index (χ1n) is 7.45. The molecule has 118 valence electrons. The van der Waals surface area contributed by atoms with Crippen LogP contribution in [0.25, 0.3) is 11.4 Å². The van der Waals surface area contributed by atoms with Gasteiger partial charge in [-0.25, -0.2) is 4.79 Å². The monoisotopic (exact) mass is 311 g/mol. The van der Waals surface area contributed by atoms with Gasteiger partial charge in [-0.2, -0.15) is 10.1 Å². The van der Waals surface area contributed by atoms with Gasteiger partial charge in [0.2, 0.25) is 5.82 Å². The van der Waals surface area contributed by atoms with Crippen LogP contribution in [0.4, 0.5) is 10.5 Å². The molecule has 1 atom stereocenters. The molecule has 1 aliphatic rings. The number of carbonyl (C=O) groups is 1. The van der Waals surface area contributed by atoms with Crippen LogP contribution in [-0.2, 0) is 7.05 Å². The number of aryl methyl sites for hydroxylation is 1. The van der Waals surface area contributed by atoms with Gasteiger partial charge >= 0.3 is 6.03 Å². The van der Waals surface area contributed by atoms with Crippen LogP contribution in [0, 0.1) is 17.2 Å². The summed E-state index contributed by atoms with van der Waals surface area (Å²) in [5.74, 6) is 0.427. The molecule has 3 rings (SSSR count). The van der Waals surface area contributed by atoms with Crippen LogP contribution >= 0.6 is 0 Å². The van der Waals surface area contributed by atoms with Crippen molar-refractivity contribution < 1.29 is 4.79 Å². The number of piperidine rings is 1. The summed E-state index contributed by atoms with van der Waals surface area (Å²) < 4.78 is 0. The maximum atomic E-state index is 12.3. The van der Waals surface area contributed by atoms with Crippen molar-refractivity contribution in [1.82, 2.24) is 25.1 Å². The zero-order valence-corrected chi connectivity index (χ0v) is 12.8. The fourth-order valence-electron chi connectivity index (χ4n) is 2.61. The molecule has 1 aliphatic heterocycles. The fourth-order valence-corrected chi connectivity index (χ4v) is 2.61. The summed E-state index contributed by atoms with van der Waals surface area (Å²) in [5, 5.41) is 23.8. The van der Waals surface area contributed by atoms with E-state index in [1.165, 1.54) is 4.80 Å². The molecule has 1 aromatic heterocycles. The first-order chi connectivity index (χ1) is 11.2. The van der Waals surface area contributed by atoms with Crippen molar-refractivity contribution >= 4 is 11.7 Å². The van der Waals surface area contributed by atoms with Crippen LogP contribution in [0.15, 0.2) is 24.3 Å². The Morgan fingerprint density at radius 1 is 1.48 bits per heavy atom. The lowest BCUT2D eigenvalue weighted by atomic mass is 10.0. The molecule has 8 heteroatoms. The molecule has 1 fully saturated rings. The summed E-state index contributed by atoms with van der Waals surface area (Å²) in [6.45, 7) is 1.16. The summed E-state index contributed by atoms with van der Waals surface area (Å²) in [7, 11) is 1.70. The van der Waals surface area contributed by atoms with Gasteiger partial charge in [-0.1, -0.05) is 12.1 Å². The Labute approximate surface area is 133 Å². The zero-order valence-electron chi connectivity index (χ0n) is 12.8. The standard InChI is InChI=1S/C15H17N7O/c1-21-19-14(18-20-21)12-5-2-6-13(8-12)17-15(23)22-7-3-4-11(9-16)10-22/h2,5-6,8,11H,3-4,7,10H2,1H3,(H,17,23)/t11-/m0/s1. The van der Waals surface area contributed by atoms with E-state index in [2.05, 4.69) is 26.8 Å². The molecule has 0 unspecified atom stereocenters. The Morgan fingerprint density at radius 3 is 3.09 bits per heavy atom. The Kier molecular flexibility index (Phi) is 4.19. The van der Waals surface area contributed by atoms with Gasteiger partial charge in [0.25, 0.3) is 0 Å². The van der Waals surface area contributed by atoms with E-state index in [0.29, 0.717) is 24.6 Å². The zero-order chi connectivity index (χ0) is 16.2. The molecule has 1 saturated heterocycles. The van der Waals surface area contributed by atoms with E-state index in [-0.39, 0.29) is 11.9 Å². The number of nitrogens with zero attached hydrogens (tertiary/aromatic N) is 6. The number of hydrogen-bond acceptors (Lipinski definition) is 5. The second-order valence-electron chi connectivity index (χ2n) is 5.53. The quantitative estimate of drug-likeness (QED) is 0.909. The number of nitriles is 1. The topological polar surface area (TPSA) is 99.7 Å². The number of tetrazole rings is 1. The highest BCUT2D eigenvalue weighted by Crippen LogP contribution is 2.20. The molecule has 2 aromatic rings. The number of nitrogens with one attached hydrogen (secondary N) is 1. The number of likely N-dealkylation sites (tertiary alicyclic amines) is 1. The predicted molar refractivity (Wildman–Crippen MR) is 83.2 cm³/mol. The highest BCUT2D eigenvalue weighted by atomic mass is 16.2. The molecule has 1 N–H and O–H groups in total. The summed E-state index contributed by atoms with van der Waals surface area (Å²) in [6.07, 6.45) is 1.71. The maximum absolute atomic E-state index is 12.3. The minimum Gasteiger partial charge on any atom is -0.323 e. The van der Waals surface area contributed by atoms with Crippen molar-refractivity contribution in [2.24, 2.45) is 13.0 Å². The van der Waals surface area contributed by atoms with Gasteiger partial charge in [-0.3, -0.25) is 0 Å². The molecular weight excluding hydrogens is 294 g/mol. The molecule has 2 amide bonds. The van der Waals surface area contributed by atoms with Gasteiger partial charge in [0.1, 0.15) is 0 Å². The Balaban J connectivity index is 1.70. The van der Waals surface area contributed by atoms with Crippen LogP contribution in [-0.4, -0.2) is 44.2 Å². The maximum Gasteiger partial charge on any atom is 0.321 e. The van der Waals surface area contributed by atoms with Gasteiger partial charge in [-0.15, -0.1) is 10.2 Å². The van der Waals surface area contributed by atoms with Gasteiger partial charge in [0.05, 0.1) is 19.0 Å². The number of urea groups is 1. The number of rotatable bonds is 2. The normalized spacial score (nSPS) is 17.6. The Morgan fingerprint density at radius 2 is 2.35 bits per heavy atom. The van der Waals surface area contributed by atoms with E-state index in [1.807, 2.05) is 18.2 Å². The molecule has 1 aromatic carbocycles. The molecule has 0 spiro atoms. The third kappa shape index (κ3) is 3.45. The third-order valence-electron chi connectivity index (χ3n) is 3.77. The third-order valence-corrected chi connectivity index (χ3v) is 3.77. The number of benzene rings is 1. The molecule has 0 aliphatic carbocycles. The lowest BCUT2D eigenvalue weighted by molar-refractivity contribution is 0.189. The van der Waals surface area contributed by atoms with E-state index in [4.69, 9.17) is 5.26 Å². The van der Waals surface area contributed by atoms with Crippen LogP contribution in [0.5, 0.6) is 0 Å². The highest BCUT2D eigenvalue weighted by molar-refractivity contribution is 5.90. The summed E-state index contributed by atoms with van der Waals surface area (Å²) >= 11 is 0. The molecule has 0 saturated carbocycles. The molecule has 0 radical (unpaired) electrons. The average Bonchev–Trinajstić information content (AvgIpc) is 3.02. The number of carbonyl (C=O) groups excluding carboxylic acids is 1. The van der Waals surface area contributed by atoms with Gasteiger partial charge in [-0.05, 0) is 30.2 Å². The molecule has 0 bridgehead atoms. The predicted octanol–water partition coefficient (Wildman–Crippen LogP) is 1.64. The van der Waals surface area contributed by atoms with Crippen molar-refractivity contribution in [3.63, 3.8) is 0 Å². The summed E-state index contributed by atoms with van der Waals surface area (Å²) in [5.41, 5.74) is 1.45. The first kappa shape index (κ1) is 15.0. The molecular formula is C15H17N7O. The van der Waals surface area contributed by atoms with Crippen LogP contribution in [0.2, 0.25) is 0 Å². The van der Waals surface area contributed by atoms with E-state index < -0.39 is 0 Å². The van der Waals surface area contributed by atoms with E-state index >= 15 is 0 Å². The van der Waals surface area contributed by atoms with Crippen molar-refractivity contribution in [3.05, 3.63) is 24.3 Å². The fraction of sp³-hybridized carbons (Fsp3) is 0.400. The molecule has 2 heterocycles. The van der Waals surface area contributed by atoms with E-state index in [0.717, 1.165) is 18.4 Å². The second-order valence-corrected chi connectivity index (χ2v) is 5.53. The smallest absolute Gasteiger partial charge is 0.321 e. The number of aromatic nitrogens is 4. The van der Waals surface area contributed by atoms with Crippen molar-refractivity contribution in [3.8, 4) is 17.5 Å². The van der Waals surface area contributed by atoms with Gasteiger partial charge in [0.15, 0.2) is 0 Å². The molecule has 23 heavy (non-hydrogen) atoms. The van der Waals surface area contributed by atoms with Crippen LogP contribution in [0.3, 0.4) is 0 Å². The summed E-state index contributed by atoms with van der Waals surface area (Å²) in [4.78, 5) is 15.4. The van der Waals surface area contributed by atoms with Crippen molar-refractivity contribution in [2.45, 2.75) is 12.8 Å². The van der Waals surface area contributed by atoms with Gasteiger partial charge < -0.3 is 10.2 Å². The second kappa shape index (κ2) is 6.44. The largest absolute Gasteiger partial charge is 0.323 e. The number of hydrogen-bond donors (Lipinski definition) is 1. The highest BCUT2D eigenvalue weighted by Gasteiger charge is 2.23. The number of anilines is 1. The lowest BCUT2D eigenvalue weighted by Crippen LogP contribution is -2.42. The van der Waals surface area contributed by atoms with Crippen LogP contribution in [0.1, 0.15) is 12.8 Å². The Bertz CT molecular complexity index is 748. The Hall–Kier alpha value is -2.95. The number of amides is 2.